The van der Waals surface area contributed by atoms with Crippen molar-refractivity contribution in [2.75, 3.05) is 5.32 Å². The molecule has 4 rings (SSSR count). The van der Waals surface area contributed by atoms with Gasteiger partial charge in [0.2, 0.25) is 0 Å². The maximum absolute atomic E-state index is 12.8. The van der Waals surface area contributed by atoms with Crippen LogP contribution in [0.15, 0.2) is 41.2 Å². The molecule has 0 saturated carbocycles. The first-order valence-corrected chi connectivity index (χ1v) is 10.4. The number of anilines is 1. The fourth-order valence-electron chi connectivity index (χ4n) is 4.11. The van der Waals surface area contributed by atoms with E-state index in [0.717, 1.165) is 37.0 Å². The minimum Gasteiger partial charge on any atom is -0.360 e. The molecule has 29 heavy (non-hydrogen) atoms. The van der Waals surface area contributed by atoms with E-state index in [4.69, 9.17) is 4.52 Å². The Balaban J connectivity index is 1.46. The lowest BCUT2D eigenvalue weighted by Gasteiger charge is -2.20. The highest BCUT2D eigenvalue weighted by atomic mass is 16.5. The molecule has 2 aromatic heterocycles. The van der Waals surface area contributed by atoms with Gasteiger partial charge in [-0.3, -0.25) is 9.48 Å². The predicted octanol–water partition coefficient (Wildman–Crippen LogP) is 4.95. The van der Waals surface area contributed by atoms with Gasteiger partial charge in [-0.05, 0) is 38.2 Å². The van der Waals surface area contributed by atoms with Crippen LogP contribution in [-0.4, -0.2) is 20.8 Å². The number of aromatic nitrogens is 3. The number of amides is 1. The molecule has 2 atom stereocenters. The average Bonchev–Trinajstić information content (AvgIpc) is 3.35. The molecule has 0 radical (unpaired) electrons. The monoisotopic (exact) mass is 392 g/mol. The molecule has 1 aromatic carbocycles. The first-order valence-electron chi connectivity index (χ1n) is 10.4. The third kappa shape index (κ3) is 4.11. The van der Waals surface area contributed by atoms with E-state index in [1.165, 1.54) is 17.5 Å². The fraction of sp³-hybridized carbons (Fsp3) is 0.435. The van der Waals surface area contributed by atoms with E-state index in [2.05, 4.69) is 60.6 Å². The van der Waals surface area contributed by atoms with Crippen molar-refractivity contribution >= 4 is 11.6 Å². The van der Waals surface area contributed by atoms with Crippen LogP contribution in [0.25, 0.3) is 0 Å². The van der Waals surface area contributed by atoms with Crippen molar-refractivity contribution in [3.05, 3.63) is 64.8 Å². The third-order valence-corrected chi connectivity index (χ3v) is 5.87. The smallest absolute Gasteiger partial charge is 0.278 e. The van der Waals surface area contributed by atoms with Gasteiger partial charge in [-0.25, -0.2) is 0 Å². The molecule has 152 valence electrons. The lowest BCUT2D eigenvalue weighted by atomic mass is 9.84. The highest BCUT2D eigenvalue weighted by Gasteiger charge is 2.28. The largest absolute Gasteiger partial charge is 0.360 e. The second-order valence-corrected chi connectivity index (χ2v) is 8.08. The number of carbonyl (C=O) groups excluding carboxylic acids is 1. The van der Waals surface area contributed by atoms with Crippen molar-refractivity contribution in [3.63, 3.8) is 0 Å². The number of fused-ring (bicyclic) bond motifs is 1. The molecule has 0 spiro atoms. The zero-order valence-corrected chi connectivity index (χ0v) is 17.3. The van der Waals surface area contributed by atoms with Crippen molar-refractivity contribution in [3.8, 4) is 0 Å². The van der Waals surface area contributed by atoms with E-state index < -0.39 is 0 Å². The Morgan fingerprint density at radius 1 is 1.34 bits per heavy atom. The molecular formula is C23H28N4O2. The van der Waals surface area contributed by atoms with Gasteiger partial charge in [-0.15, -0.1) is 0 Å². The summed E-state index contributed by atoms with van der Waals surface area (Å²) < 4.78 is 7.31. The molecule has 1 amide bonds. The van der Waals surface area contributed by atoms with E-state index in [1.54, 1.807) is 6.20 Å². The van der Waals surface area contributed by atoms with Crippen molar-refractivity contribution in [1.82, 2.24) is 14.9 Å². The highest BCUT2D eigenvalue weighted by molar-refractivity contribution is 6.03. The van der Waals surface area contributed by atoms with Crippen molar-refractivity contribution < 1.29 is 9.32 Å². The predicted molar refractivity (Wildman–Crippen MR) is 112 cm³/mol. The Kier molecular flexibility index (Phi) is 5.51. The second kappa shape index (κ2) is 8.23. The topological polar surface area (TPSA) is 73.0 Å². The normalized spacial score (nSPS) is 17.0. The maximum Gasteiger partial charge on any atom is 0.278 e. The number of carbonyl (C=O) groups is 1. The molecule has 1 aliphatic rings. The summed E-state index contributed by atoms with van der Waals surface area (Å²) in [7, 11) is 0. The number of nitrogens with one attached hydrogen (secondary N) is 1. The third-order valence-electron chi connectivity index (χ3n) is 5.87. The summed E-state index contributed by atoms with van der Waals surface area (Å²) in [4.78, 5) is 12.8. The molecule has 2 heterocycles. The molecular weight excluding hydrogens is 364 g/mol. The summed E-state index contributed by atoms with van der Waals surface area (Å²) in [6, 6.07) is 8.48. The quantitative estimate of drug-likeness (QED) is 0.644. The minimum absolute atomic E-state index is 0.0795. The second-order valence-electron chi connectivity index (χ2n) is 8.08. The molecule has 1 N–H and O–H groups in total. The maximum atomic E-state index is 12.8. The van der Waals surface area contributed by atoms with Crippen LogP contribution in [0.5, 0.6) is 0 Å². The number of nitrogens with zero attached hydrogens (tertiary/aromatic N) is 3. The standard InChI is InChI=1S/C23H28N4O2/c1-4-5-17-8-11-21-20(12-17)22(26-29-21)23(28)25-19-13-24-27(14-19)16(3)18-9-6-15(2)7-10-18/h6-7,9-10,13-14,16-17H,4-5,8,11-12H2,1-3H3,(H,25,28). The number of aryl methyl sites for hydroxylation is 2. The highest BCUT2D eigenvalue weighted by Crippen LogP contribution is 2.31. The molecule has 0 saturated heterocycles. The number of rotatable bonds is 6. The summed E-state index contributed by atoms with van der Waals surface area (Å²) in [6.45, 7) is 6.36. The first kappa shape index (κ1) is 19.4. The van der Waals surface area contributed by atoms with E-state index in [0.29, 0.717) is 17.3 Å². The van der Waals surface area contributed by atoms with Crippen LogP contribution in [0.1, 0.15) is 72.1 Å². The summed E-state index contributed by atoms with van der Waals surface area (Å²) in [6.07, 6.45) is 8.72. The average molecular weight is 393 g/mol. The first-order chi connectivity index (χ1) is 14.0. The van der Waals surface area contributed by atoms with Gasteiger partial charge in [0.15, 0.2) is 5.69 Å². The van der Waals surface area contributed by atoms with Gasteiger partial charge in [-0.2, -0.15) is 5.10 Å². The Labute approximate surface area is 171 Å². The molecule has 6 nitrogen and oxygen atoms in total. The van der Waals surface area contributed by atoms with E-state index in [1.807, 2.05) is 10.9 Å². The van der Waals surface area contributed by atoms with Gasteiger partial charge in [-0.1, -0.05) is 54.8 Å². The Morgan fingerprint density at radius 3 is 2.90 bits per heavy atom. The molecule has 3 aromatic rings. The lowest BCUT2D eigenvalue weighted by Crippen LogP contribution is -2.19. The molecule has 0 bridgehead atoms. The Bertz CT molecular complexity index is 987. The molecule has 0 aliphatic heterocycles. The van der Waals surface area contributed by atoms with E-state index >= 15 is 0 Å². The molecule has 0 fully saturated rings. The van der Waals surface area contributed by atoms with Crippen LogP contribution in [-0.2, 0) is 12.8 Å². The SMILES string of the molecule is CCCC1CCc2onc(C(=O)Nc3cnn(C(C)c4ccc(C)cc4)c3)c2C1. The van der Waals surface area contributed by atoms with Gasteiger partial charge in [0.25, 0.3) is 5.91 Å². The van der Waals surface area contributed by atoms with Gasteiger partial charge in [0, 0.05) is 18.2 Å². The van der Waals surface area contributed by atoms with Crippen LogP contribution in [0, 0.1) is 12.8 Å². The number of hydrogen-bond acceptors (Lipinski definition) is 4. The molecule has 2 unspecified atom stereocenters. The van der Waals surface area contributed by atoms with Gasteiger partial charge in [0.05, 0.1) is 17.9 Å². The van der Waals surface area contributed by atoms with Crippen molar-refractivity contribution in [2.45, 2.75) is 58.9 Å². The summed E-state index contributed by atoms with van der Waals surface area (Å²) in [5.74, 6) is 1.25. The lowest BCUT2D eigenvalue weighted by molar-refractivity contribution is 0.101. The fourth-order valence-corrected chi connectivity index (χ4v) is 4.11. The van der Waals surface area contributed by atoms with Gasteiger partial charge < -0.3 is 9.84 Å². The van der Waals surface area contributed by atoms with E-state index in [-0.39, 0.29) is 11.9 Å². The van der Waals surface area contributed by atoms with Crippen LogP contribution in [0.2, 0.25) is 0 Å². The zero-order valence-electron chi connectivity index (χ0n) is 17.3. The zero-order chi connectivity index (χ0) is 20.4. The molecule has 1 aliphatic carbocycles. The van der Waals surface area contributed by atoms with Crippen LogP contribution < -0.4 is 5.32 Å². The Morgan fingerprint density at radius 2 is 2.14 bits per heavy atom. The van der Waals surface area contributed by atoms with Crippen molar-refractivity contribution in [2.24, 2.45) is 5.92 Å². The van der Waals surface area contributed by atoms with E-state index in [9.17, 15) is 4.79 Å². The van der Waals surface area contributed by atoms with Crippen LogP contribution in [0.3, 0.4) is 0 Å². The number of benzene rings is 1. The summed E-state index contributed by atoms with van der Waals surface area (Å²) >= 11 is 0. The van der Waals surface area contributed by atoms with Crippen molar-refractivity contribution in [1.29, 1.82) is 0 Å². The summed E-state index contributed by atoms with van der Waals surface area (Å²) in [5, 5.41) is 11.4. The van der Waals surface area contributed by atoms with Gasteiger partial charge >= 0.3 is 0 Å². The van der Waals surface area contributed by atoms with Crippen LogP contribution in [0.4, 0.5) is 5.69 Å². The molecule has 6 heteroatoms. The minimum atomic E-state index is -0.227. The van der Waals surface area contributed by atoms with Crippen LogP contribution >= 0.6 is 0 Å². The van der Waals surface area contributed by atoms with Gasteiger partial charge in [0.1, 0.15) is 5.76 Å². The number of hydrogen-bond donors (Lipinski definition) is 1. The summed E-state index contributed by atoms with van der Waals surface area (Å²) in [5.41, 5.74) is 4.45. The Hall–Kier alpha value is -2.89.